The number of rotatable bonds is 6. The van der Waals surface area contributed by atoms with E-state index in [1.807, 2.05) is 0 Å². The molecule has 7 heteroatoms. The van der Waals surface area contributed by atoms with Crippen LogP contribution in [0.2, 0.25) is 0 Å². The molecule has 1 heterocycles. The number of hydrogen-bond acceptors (Lipinski definition) is 3. The van der Waals surface area contributed by atoms with Gasteiger partial charge >= 0.3 is 6.18 Å². The van der Waals surface area contributed by atoms with Crippen LogP contribution in [0.4, 0.5) is 23.4 Å². The summed E-state index contributed by atoms with van der Waals surface area (Å²) in [6.45, 7) is 2.27. The third kappa shape index (κ3) is 4.56. The fourth-order valence-corrected chi connectivity index (χ4v) is 2.04. The second-order valence-corrected chi connectivity index (χ2v) is 5.60. The number of anilines is 1. The van der Waals surface area contributed by atoms with Gasteiger partial charge in [-0.15, -0.1) is 0 Å². The molecule has 0 saturated heterocycles. The summed E-state index contributed by atoms with van der Waals surface area (Å²) in [5, 5.41) is 3.15. The van der Waals surface area contributed by atoms with Crippen LogP contribution in [0.5, 0.6) is 0 Å². The molecule has 0 bridgehead atoms. The van der Waals surface area contributed by atoms with Gasteiger partial charge in [0.1, 0.15) is 6.54 Å². The third-order valence-electron chi connectivity index (χ3n) is 3.35. The standard InChI is InChI=1S/C14H19F4N3/c1-9(2)21(8-14(16,17)18)13-12(15)10(5-6-19-13)7-20-11-3-4-11/h5-6,9,11,20H,3-4,7-8H2,1-2H3. The molecule has 3 nitrogen and oxygen atoms in total. The van der Waals surface area contributed by atoms with Gasteiger partial charge in [-0.3, -0.25) is 0 Å². The quantitative estimate of drug-likeness (QED) is 0.818. The molecule has 1 N–H and O–H groups in total. The van der Waals surface area contributed by atoms with Crippen LogP contribution in [0.15, 0.2) is 12.3 Å². The highest BCUT2D eigenvalue weighted by Crippen LogP contribution is 2.27. The van der Waals surface area contributed by atoms with Gasteiger partial charge < -0.3 is 10.2 Å². The summed E-state index contributed by atoms with van der Waals surface area (Å²) in [4.78, 5) is 4.75. The van der Waals surface area contributed by atoms with E-state index in [2.05, 4.69) is 10.3 Å². The van der Waals surface area contributed by atoms with Gasteiger partial charge in [0.15, 0.2) is 11.6 Å². The highest BCUT2D eigenvalue weighted by Gasteiger charge is 2.34. The van der Waals surface area contributed by atoms with Crippen molar-refractivity contribution in [3.05, 3.63) is 23.6 Å². The van der Waals surface area contributed by atoms with Crippen LogP contribution < -0.4 is 10.2 Å². The van der Waals surface area contributed by atoms with Gasteiger partial charge in [0, 0.05) is 30.4 Å². The SMILES string of the molecule is CC(C)N(CC(F)(F)F)c1nccc(CNC2CC2)c1F. The Morgan fingerprint density at radius 2 is 2.05 bits per heavy atom. The Labute approximate surface area is 121 Å². The van der Waals surface area contributed by atoms with Crippen LogP contribution in [0.3, 0.4) is 0 Å². The van der Waals surface area contributed by atoms with Crippen molar-refractivity contribution in [3.8, 4) is 0 Å². The van der Waals surface area contributed by atoms with Crippen LogP contribution in [-0.2, 0) is 6.54 Å². The Balaban J connectivity index is 2.20. The van der Waals surface area contributed by atoms with Crippen molar-refractivity contribution in [2.24, 2.45) is 0 Å². The summed E-state index contributed by atoms with van der Waals surface area (Å²) in [5.74, 6) is -0.916. The number of nitrogens with zero attached hydrogens (tertiary/aromatic N) is 2. The monoisotopic (exact) mass is 305 g/mol. The zero-order chi connectivity index (χ0) is 15.6. The molecule has 21 heavy (non-hydrogen) atoms. The average Bonchev–Trinajstić information content (AvgIpc) is 3.18. The van der Waals surface area contributed by atoms with Gasteiger partial charge in [0.2, 0.25) is 0 Å². The Hall–Kier alpha value is -1.37. The number of halogens is 4. The van der Waals surface area contributed by atoms with E-state index in [1.54, 1.807) is 13.8 Å². The highest BCUT2D eigenvalue weighted by molar-refractivity contribution is 5.44. The fraction of sp³-hybridized carbons (Fsp3) is 0.643. The van der Waals surface area contributed by atoms with Crippen molar-refractivity contribution in [2.45, 2.75) is 51.5 Å². The summed E-state index contributed by atoms with van der Waals surface area (Å²) >= 11 is 0. The molecule has 1 aromatic heterocycles. The number of alkyl halides is 3. The Morgan fingerprint density at radius 1 is 1.38 bits per heavy atom. The number of pyridine rings is 1. The zero-order valence-electron chi connectivity index (χ0n) is 12.0. The molecule has 0 unspecified atom stereocenters. The van der Waals surface area contributed by atoms with E-state index in [4.69, 9.17) is 0 Å². The van der Waals surface area contributed by atoms with Crippen molar-refractivity contribution >= 4 is 5.82 Å². The van der Waals surface area contributed by atoms with Crippen LogP contribution >= 0.6 is 0 Å². The predicted octanol–water partition coefficient (Wildman–Crippen LogP) is 3.25. The first-order valence-electron chi connectivity index (χ1n) is 6.98. The fourth-order valence-electron chi connectivity index (χ4n) is 2.04. The molecule has 118 valence electrons. The second-order valence-electron chi connectivity index (χ2n) is 5.60. The lowest BCUT2D eigenvalue weighted by atomic mass is 10.2. The minimum Gasteiger partial charge on any atom is -0.343 e. The van der Waals surface area contributed by atoms with E-state index in [1.165, 1.54) is 12.3 Å². The molecule has 2 rings (SSSR count). The van der Waals surface area contributed by atoms with Crippen molar-refractivity contribution in [2.75, 3.05) is 11.4 Å². The molecule has 0 aliphatic heterocycles. The average molecular weight is 305 g/mol. The Morgan fingerprint density at radius 3 is 2.57 bits per heavy atom. The maximum Gasteiger partial charge on any atom is 0.405 e. The van der Waals surface area contributed by atoms with Crippen LogP contribution in [0.25, 0.3) is 0 Å². The summed E-state index contributed by atoms with van der Waals surface area (Å²) < 4.78 is 52.3. The van der Waals surface area contributed by atoms with E-state index in [0.29, 0.717) is 18.2 Å². The topological polar surface area (TPSA) is 28.2 Å². The largest absolute Gasteiger partial charge is 0.405 e. The van der Waals surface area contributed by atoms with Gasteiger partial charge in [-0.05, 0) is 32.8 Å². The van der Waals surface area contributed by atoms with Crippen molar-refractivity contribution < 1.29 is 17.6 Å². The molecule has 1 aromatic rings. The molecule has 0 atom stereocenters. The molecular weight excluding hydrogens is 286 g/mol. The number of aromatic nitrogens is 1. The summed E-state index contributed by atoms with van der Waals surface area (Å²) in [6, 6.07) is 1.40. The summed E-state index contributed by atoms with van der Waals surface area (Å²) in [6.07, 6.45) is -0.924. The number of nitrogens with one attached hydrogen (secondary N) is 1. The molecule has 0 spiro atoms. The smallest absolute Gasteiger partial charge is 0.343 e. The zero-order valence-corrected chi connectivity index (χ0v) is 12.0. The third-order valence-corrected chi connectivity index (χ3v) is 3.35. The molecule has 0 amide bonds. The highest BCUT2D eigenvalue weighted by atomic mass is 19.4. The second kappa shape index (κ2) is 6.17. The van der Waals surface area contributed by atoms with Gasteiger partial charge in [0.05, 0.1) is 0 Å². The molecule has 1 saturated carbocycles. The van der Waals surface area contributed by atoms with E-state index < -0.39 is 24.6 Å². The van der Waals surface area contributed by atoms with E-state index in [9.17, 15) is 17.6 Å². The van der Waals surface area contributed by atoms with E-state index in [-0.39, 0.29) is 5.82 Å². The first-order chi connectivity index (χ1) is 9.78. The first-order valence-corrected chi connectivity index (χ1v) is 6.98. The van der Waals surface area contributed by atoms with Gasteiger partial charge in [-0.1, -0.05) is 0 Å². The Bertz CT molecular complexity index is 484. The summed E-state index contributed by atoms with van der Waals surface area (Å²) in [5.41, 5.74) is 0.347. The maximum atomic E-state index is 14.4. The molecular formula is C14H19F4N3. The van der Waals surface area contributed by atoms with Crippen LogP contribution in [0.1, 0.15) is 32.3 Å². The van der Waals surface area contributed by atoms with E-state index in [0.717, 1.165) is 17.7 Å². The molecule has 1 aliphatic carbocycles. The maximum absolute atomic E-state index is 14.4. The normalized spacial score (nSPS) is 15.6. The minimum atomic E-state index is -4.40. The lowest BCUT2D eigenvalue weighted by molar-refractivity contribution is -0.120. The Kier molecular flexibility index (Phi) is 4.70. The molecule has 0 aromatic carbocycles. The lowest BCUT2D eigenvalue weighted by Gasteiger charge is -2.29. The van der Waals surface area contributed by atoms with Crippen LogP contribution in [0, 0.1) is 5.82 Å². The lowest BCUT2D eigenvalue weighted by Crippen LogP contribution is -2.40. The van der Waals surface area contributed by atoms with Crippen LogP contribution in [-0.4, -0.2) is 29.8 Å². The van der Waals surface area contributed by atoms with Gasteiger partial charge in [-0.2, -0.15) is 13.2 Å². The molecule has 1 fully saturated rings. The van der Waals surface area contributed by atoms with E-state index >= 15 is 0 Å². The molecule has 0 radical (unpaired) electrons. The summed E-state index contributed by atoms with van der Waals surface area (Å²) in [7, 11) is 0. The predicted molar refractivity (Wildman–Crippen MR) is 72.6 cm³/mol. The van der Waals surface area contributed by atoms with Gasteiger partial charge in [-0.25, -0.2) is 9.37 Å². The van der Waals surface area contributed by atoms with Crippen molar-refractivity contribution in [3.63, 3.8) is 0 Å². The van der Waals surface area contributed by atoms with Gasteiger partial charge in [0.25, 0.3) is 0 Å². The minimum absolute atomic E-state index is 0.238. The first kappa shape index (κ1) is 16.0. The van der Waals surface area contributed by atoms with Crippen molar-refractivity contribution in [1.82, 2.24) is 10.3 Å². The van der Waals surface area contributed by atoms with Crippen molar-refractivity contribution in [1.29, 1.82) is 0 Å². The molecule has 1 aliphatic rings. The number of hydrogen-bond donors (Lipinski definition) is 1.